The fourth-order valence-corrected chi connectivity index (χ4v) is 2.58. The van der Waals surface area contributed by atoms with Crippen LogP contribution in [-0.2, 0) is 0 Å². The van der Waals surface area contributed by atoms with Gasteiger partial charge >= 0.3 is 6.16 Å². The van der Waals surface area contributed by atoms with Crippen LogP contribution in [-0.4, -0.2) is 11.3 Å². The van der Waals surface area contributed by atoms with Crippen molar-refractivity contribution >= 4 is 43.6 Å². The van der Waals surface area contributed by atoms with Crippen molar-refractivity contribution in [2.75, 3.05) is 0 Å². The highest BCUT2D eigenvalue weighted by molar-refractivity contribution is 9.10. The van der Waals surface area contributed by atoms with Crippen LogP contribution in [0.5, 0.6) is 5.75 Å². The van der Waals surface area contributed by atoms with Crippen LogP contribution in [0.25, 0.3) is 21.5 Å². The quantitative estimate of drug-likeness (QED) is 0.398. The SMILES string of the molecule is O=C(O)Oc1cc2ccccc2c2cc(Br)ccc12. The molecule has 1 N–H and O–H groups in total. The second-order valence-corrected chi connectivity index (χ2v) is 5.07. The van der Waals surface area contributed by atoms with Crippen molar-refractivity contribution in [3.05, 3.63) is 53.0 Å². The van der Waals surface area contributed by atoms with Gasteiger partial charge in [0.25, 0.3) is 0 Å². The molecule has 0 aliphatic heterocycles. The standard InChI is InChI=1S/C15H9BrO3/c16-10-5-6-12-13(8-10)11-4-2-1-3-9(11)7-14(12)19-15(17)18/h1-8H,(H,17,18). The molecule has 0 aliphatic rings. The average Bonchev–Trinajstić information content (AvgIpc) is 2.38. The van der Waals surface area contributed by atoms with E-state index in [-0.39, 0.29) is 0 Å². The summed E-state index contributed by atoms with van der Waals surface area (Å²) < 4.78 is 5.82. The topological polar surface area (TPSA) is 46.5 Å². The molecule has 94 valence electrons. The van der Waals surface area contributed by atoms with Gasteiger partial charge in [-0.05, 0) is 40.4 Å². The van der Waals surface area contributed by atoms with Gasteiger partial charge in [-0.25, -0.2) is 4.79 Å². The molecule has 0 unspecified atom stereocenters. The summed E-state index contributed by atoms with van der Waals surface area (Å²) in [6.45, 7) is 0. The Bertz CT molecular complexity index is 796. The number of carboxylic acid groups (broad SMARTS) is 1. The first-order valence-electron chi connectivity index (χ1n) is 5.67. The van der Waals surface area contributed by atoms with Gasteiger partial charge in [-0.1, -0.05) is 40.2 Å². The third kappa shape index (κ3) is 2.15. The maximum absolute atomic E-state index is 10.8. The zero-order valence-corrected chi connectivity index (χ0v) is 11.3. The van der Waals surface area contributed by atoms with Crippen LogP contribution in [0.1, 0.15) is 0 Å². The Hall–Kier alpha value is -2.07. The summed E-state index contributed by atoms with van der Waals surface area (Å²) in [5, 5.41) is 12.6. The molecule has 3 aromatic rings. The molecule has 3 nitrogen and oxygen atoms in total. The molecule has 3 aromatic carbocycles. The van der Waals surface area contributed by atoms with Crippen LogP contribution >= 0.6 is 15.9 Å². The van der Waals surface area contributed by atoms with Crippen LogP contribution in [0.2, 0.25) is 0 Å². The molecule has 0 aliphatic carbocycles. The first kappa shape index (κ1) is 12.0. The molecule has 3 rings (SSSR count). The van der Waals surface area contributed by atoms with Crippen molar-refractivity contribution in [3.8, 4) is 5.75 Å². The highest BCUT2D eigenvalue weighted by atomic mass is 79.9. The Morgan fingerprint density at radius 3 is 2.58 bits per heavy atom. The molecular formula is C15H9BrO3. The minimum atomic E-state index is -1.31. The predicted molar refractivity (Wildman–Crippen MR) is 77.8 cm³/mol. The van der Waals surface area contributed by atoms with E-state index in [1.807, 2.05) is 42.5 Å². The maximum Gasteiger partial charge on any atom is 0.511 e. The van der Waals surface area contributed by atoms with Crippen molar-refractivity contribution in [2.24, 2.45) is 0 Å². The number of benzene rings is 3. The first-order chi connectivity index (χ1) is 9.15. The van der Waals surface area contributed by atoms with Gasteiger partial charge in [0.05, 0.1) is 0 Å². The molecule has 0 amide bonds. The van der Waals surface area contributed by atoms with E-state index < -0.39 is 6.16 Å². The minimum absolute atomic E-state index is 0.355. The average molecular weight is 317 g/mol. The van der Waals surface area contributed by atoms with Crippen molar-refractivity contribution < 1.29 is 14.6 Å². The lowest BCUT2D eigenvalue weighted by Gasteiger charge is -2.09. The Balaban J connectivity index is 2.44. The van der Waals surface area contributed by atoms with Gasteiger partial charge in [-0.3, -0.25) is 0 Å². The van der Waals surface area contributed by atoms with Crippen LogP contribution in [0, 0.1) is 0 Å². The zero-order chi connectivity index (χ0) is 13.4. The highest BCUT2D eigenvalue weighted by Crippen LogP contribution is 2.35. The second-order valence-electron chi connectivity index (χ2n) is 4.15. The van der Waals surface area contributed by atoms with Gasteiger partial charge in [0.15, 0.2) is 0 Å². The summed E-state index contributed by atoms with van der Waals surface area (Å²) in [6.07, 6.45) is -1.31. The van der Waals surface area contributed by atoms with Gasteiger partial charge in [0.1, 0.15) is 5.75 Å². The van der Waals surface area contributed by atoms with E-state index in [9.17, 15) is 4.79 Å². The lowest BCUT2D eigenvalue weighted by Crippen LogP contribution is -2.03. The first-order valence-corrected chi connectivity index (χ1v) is 6.46. The van der Waals surface area contributed by atoms with Crippen LogP contribution in [0.3, 0.4) is 0 Å². The Kier molecular flexibility index (Phi) is 2.87. The van der Waals surface area contributed by atoms with Crippen LogP contribution < -0.4 is 4.74 Å². The third-order valence-electron chi connectivity index (χ3n) is 2.98. The van der Waals surface area contributed by atoms with E-state index in [1.165, 1.54) is 0 Å². The number of hydrogen-bond acceptors (Lipinski definition) is 2. The van der Waals surface area contributed by atoms with Crippen LogP contribution in [0.15, 0.2) is 53.0 Å². The number of halogens is 1. The molecule has 0 atom stereocenters. The molecule has 0 spiro atoms. The molecule has 0 aromatic heterocycles. The largest absolute Gasteiger partial charge is 0.511 e. The van der Waals surface area contributed by atoms with Gasteiger partial charge in [-0.15, -0.1) is 0 Å². The lowest BCUT2D eigenvalue weighted by atomic mass is 10.0. The van der Waals surface area contributed by atoms with E-state index in [1.54, 1.807) is 6.07 Å². The molecule has 19 heavy (non-hydrogen) atoms. The predicted octanol–water partition coefficient (Wildman–Crippen LogP) is 4.81. The van der Waals surface area contributed by atoms with Gasteiger partial charge in [0.2, 0.25) is 0 Å². The molecule has 0 heterocycles. The highest BCUT2D eigenvalue weighted by Gasteiger charge is 2.10. The fourth-order valence-electron chi connectivity index (χ4n) is 2.22. The molecule has 0 saturated carbocycles. The monoisotopic (exact) mass is 316 g/mol. The number of hydrogen-bond donors (Lipinski definition) is 1. The third-order valence-corrected chi connectivity index (χ3v) is 3.48. The summed E-state index contributed by atoms with van der Waals surface area (Å²) in [5.41, 5.74) is 0. The maximum atomic E-state index is 10.8. The number of ether oxygens (including phenoxy) is 1. The number of rotatable bonds is 1. The van der Waals surface area contributed by atoms with Crippen molar-refractivity contribution in [1.29, 1.82) is 0 Å². The summed E-state index contributed by atoms with van der Waals surface area (Å²) in [4.78, 5) is 10.8. The van der Waals surface area contributed by atoms with E-state index in [4.69, 9.17) is 9.84 Å². The van der Waals surface area contributed by atoms with E-state index in [0.717, 1.165) is 26.0 Å². The lowest BCUT2D eigenvalue weighted by molar-refractivity contribution is 0.145. The normalized spacial score (nSPS) is 10.8. The van der Waals surface area contributed by atoms with Crippen molar-refractivity contribution in [3.63, 3.8) is 0 Å². The minimum Gasteiger partial charge on any atom is -0.449 e. The van der Waals surface area contributed by atoms with Gasteiger partial charge in [-0.2, -0.15) is 0 Å². The number of carbonyl (C=O) groups is 1. The smallest absolute Gasteiger partial charge is 0.449 e. The van der Waals surface area contributed by atoms with Crippen molar-refractivity contribution in [1.82, 2.24) is 0 Å². The molecule has 0 radical (unpaired) electrons. The van der Waals surface area contributed by atoms with Gasteiger partial charge < -0.3 is 9.84 Å². The summed E-state index contributed by atoms with van der Waals surface area (Å²) >= 11 is 3.44. The summed E-state index contributed by atoms with van der Waals surface area (Å²) in [5.74, 6) is 0.355. The molecule has 0 fully saturated rings. The van der Waals surface area contributed by atoms with E-state index in [0.29, 0.717) is 5.75 Å². The second kappa shape index (κ2) is 4.55. The molecule has 4 heteroatoms. The van der Waals surface area contributed by atoms with E-state index in [2.05, 4.69) is 15.9 Å². The zero-order valence-electron chi connectivity index (χ0n) is 9.76. The molecule has 0 saturated heterocycles. The molecule has 0 bridgehead atoms. The summed E-state index contributed by atoms with van der Waals surface area (Å²) in [7, 11) is 0. The van der Waals surface area contributed by atoms with Crippen LogP contribution in [0.4, 0.5) is 4.79 Å². The Morgan fingerprint density at radius 2 is 1.79 bits per heavy atom. The van der Waals surface area contributed by atoms with Crippen molar-refractivity contribution in [2.45, 2.75) is 0 Å². The van der Waals surface area contributed by atoms with Gasteiger partial charge in [0, 0.05) is 9.86 Å². The molecular weight excluding hydrogens is 308 g/mol. The number of fused-ring (bicyclic) bond motifs is 3. The Labute approximate surface area is 117 Å². The Morgan fingerprint density at radius 1 is 1.00 bits per heavy atom. The fraction of sp³-hybridized carbons (Fsp3) is 0. The van der Waals surface area contributed by atoms with E-state index >= 15 is 0 Å². The summed E-state index contributed by atoms with van der Waals surface area (Å²) in [6, 6.07) is 15.2.